The molecule has 0 aromatic carbocycles. The van der Waals surface area contributed by atoms with Crippen LogP contribution < -0.4 is 0 Å². The van der Waals surface area contributed by atoms with Gasteiger partial charge in [0.1, 0.15) is 5.83 Å². The van der Waals surface area contributed by atoms with Crippen LogP contribution in [0.15, 0.2) is 24.6 Å². The van der Waals surface area contributed by atoms with E-state index in [4.69, 9.17) is 5.41 Å². The molecule has 0 unspecified atom stereocenters. The van der Waals surface area contributed by atoms with Gasteiger partial charge in [0.15, 0.2) is 0 Å². The van der Waals surface area contributed by atoms with Gasteiger partial charge in [0, 0.05) is 6.21 Å². The predicted molar refractivity (Wildman–Crippen MR) is 28.2 cm³/mol. The lowest BCUT2D eigenvalue weighted by atomic mass is 10.5. The van der Waals surface area contributed by atoms with Gasteiger partial charge in [-0.1, -0.05) is 6.58 Å². The third kappa shape index (κ3) is 2.89. The monoisotopic (exact) mass is 99.0 g/mol. The molecule has 0 aliphatic rings. The molecule has 1 nitrogen and oxygen atoms in total. The highest BCUT2D eigenvalue weighted by Gasteiger charge is 1.76. The predicted octanol–water partition coefficient (Wildman–Crippen LogP) is 1.68. The van der Waals surface area contributed by atoms with Crippen LogP contribution in [0, 0.1) is 5.41 Å². The molecule has 0 rings (SSSR count). The highest BCUT2D eigenvalue weighted by molar-refractivity contribution is 5.68. The molecular formula is C5H6FN. The van der Waals surface area contributed by atoms with Crippen LogP contribution in [0.4, 0.5) is 4.39 Å². The van der Waals surface area contributed by atoms with Crippen molar-refractivity contribution < 1.29 is 4.39 Å². The molecule has 0 amide bonds. The first-order chi connectivity index (χ1) is 3.31. The topological polar surface area (TPSA) is 23.9 Å². The number of halogens is 1. The number of rotatable bonds is 2. The lowest BCUT2D eigenvalue weighted by molar-refractivity contribution is 0.669. The zero-order valence-corrected chi connectivity index (χ0v) is 3.82. The van der Waals surface area contributed by atoms with Gasteiger partial charge in [0.25, 0.3) is 0 Å². The highest BCUT2D eigenvalue weighted by Crippen LogP contribution is 1.91. The van der Waals surface area contributed by atoms with Crippen molar-refractivity contribution in [3.05, 3.63) is 24.6 Å². The van der Waals surface area contributed by atoms with Gasteiger partial charge in [-0.15, -0.1) is 0 Å². The van der Waals surface area contributed by atoms with E-state index < -0.39 is 5.83 Å². The molecular weight excluding hydrogens is 93.1 g/mol. The Hall–Kier alpha value is -0.920. The molecule has 0 saturated carbocycles. The van der Waals surface area contributed by atoms with Gasteiger partial charge in [0.05, 0.1) is 0 Å². The zero-order valence-electron chi connectivity index (χ0n) is 3.82. The molecule has 0 atom stereocenters. The van der Waals surface area contributed by atoms with Crippen LogP contribution in [0.3, 0.4) is 0 Å². The van der Waals surface area contributed by atoms with E-state index in [0.29, 0.717) is 0 Å². The van der Waals surface area contributed by atoms with Crippen molar-refractivity contribution in [2.45, 2.75) is 0 Å². The maximum atomic E-state index is 11.7. The second-order valence-corrected chi connectivity index (χ2v) is 0.922. The van der Waals surface area contributed by atoms with E-state index in [1.54, 1.807) is 0 Å². The van der Waals surface area contributed by atoms with Gasteiger partial charge in [0.2, 0.25) is 0 Å². The van der Waals surface area contributed by atoms with E-state index in [-0.39, 0.29) is 0 Å². The number of allylic oxidation sites excluding steroid dienone is 3. The number of hydrogen-bond donors (Lipinski definition) is 1. The van der Waals surface area contributed by atoms with E-state index in [1.807, 2.05) is 0 Å². The fourth-order valence-corrected chi connectivity index (χ4v) is 0.148. The molecule has 0 aliphatic heterocycles. The smallest absolute Gasteiger partial charge is 0.124 e. The molecule has 0 bridgehead atoms. The average molecular weight is 99.1 g/mol. The van der Waals surface area contributed by atoms with Crippen LogP contribution in [0.1, 0.15) is 0 Å². The minimum Gasteiger partial charge on any atom is -0.309 e. The zero-order chi connectivity index (χ0) is 5.70. The van der Waals surface area contributed by atoms with Gasteiger partial charge >= 0.3 is 0 Å². The molecule has 0 saturated heterocycles. The van der Waals surface area contributed by atoms with Gasteiger partial charge in [-0.3, -0.25) is 0 Å². The Balaban J connectivity index is 3.72. The van der Waals surface area contributed by atoms with Crippen LogP contribution in [0.5, 0.6) is 0 Å². The second kappa shape index (κ2) is 3.28. The molecule has 38 valence electrons. The summed E-state index contributed by atoms with van der Waals surface area (Å²) in [6, 6.07) is 0. The summed E-state index contributed by atoms with van der Waals surface area (Å²) in [7, 11) is 0. The fraction of sp³-hybridized carbons (Fsp3) is 0. The van der Waals surface area contributed by atoms with E-state index in [2.05, 4.69) is 6.58 Å². The molecule has 7 heavy (non-hydrogen) atoms. The summed E-state index contributed by atoms with van der Waals surface area (Å²) in [5.74, 6) is -0.477. The van der Waals surface area contributed by atoms with Crippen LogP contribution >= 0.6 is 0 Å². The van der Waals surface area contributed by atoms with Gasteiger partial charge in [-0.2, -0.15) is 0 Å². The first-order valence-electron chi connectivity index (χ1n) is 1.80. The van der Waals surface area contributed by atoms with Crippen LogP contribution in [0.25, 0.3) is 0 Å². The Labute approximate surface area is 41.7 Å². The average Bonchev–Trinajstić information content (AvgIpc) is 1.68. The first-order valence-corrected chi connectivity index (χ1v) is 1.80. The number of hydrogen-bond acceptors (Lipinski definition) is 1. The maximum absolute atomic E-state index is 11.7. The summed E-state index contributed by atoms with van der Waals surface area (Å²) in [5.41, 5.74) is 0. The number of nitrogens with one attached hydrogen (secondary N) is 1. The van der Waals surface area contributed by atoms with Crippen LogP contribution in [0.2, 0.25) is 0 Å². The van der Waals surface area contributed by atoms with Crippen LogP contribution in [-0.2, 0) is 0 Å². The van der Waals surface area contributed by atoms with E-state index in [9.17, 15) is 4.39 Å². The van der Waals surface area contributed by atoms with Gasteiger partial charge < -0.3 is 5.41 Å². The highest BCUT2D eigenvalue weighted by atomic mass is 19.1. The molecule has 0 radical (unpaired) electrons. The van der Waals surface area contributed by atoms with Gasteiger partial charge in [-0.05, 0) is 12.2 Å². The largest absolute Gasteiger partial charge is 0.309 e. The fourth-order valence-electron chi connectivity index (χ4n) is 0.148. The normalized spacial score (nSPS) is 10.7. The quantitative estimate of drug-likeness (QED) is 0.402. The van der Waals surface area contributed by atoms with Crippen LogP contribution in [-0.4, -0.2) is 6.21 Å². The minimum absolute atomic E-state index is 0.477. The lowest BCUT2D eigenvalue weighted by Gasteiger charge is -1.74. The van der Waals surface area contributed by atoms with Crippen molar-refractivity contribution in [2.24, 2.45) is 0 Å². The summed E-state index contributed by atoms with van der Waals surface area (Å²) < 4.78 is 11.7. The lowest BCUT2D eigenvalue weighted by Crippen LogP contribution is -1.62. The Morgan fingerprint density at radius 2 is 2.29 bits per heavy atom. The van der Waals surface area contributed by atoms with E-state index in [0.717, 1.165) is 18.4 Å². The van der Waals surface area contributed by atoms with Gasteiger partial charge in [-0.25, -0.2) is 4.39 Å². The standard InChI is InChI=1S/C5H6FN/c1-2-5(6)3-4-7/h2-4,7H,1H2/b5-3+,7-4?. The Kier molecular flexibility index (Phi) is 2.85. The molecule has 0 aromatic heterocycles. The molecule has 0 aromatic rings. The Morgan fingerprint density at radius 1 is 1.71 bits per heavy atom. The molecule has 2 heteroatoms. The Bertz CT molecular complexity index is 105. The van der Waals surface area contributed by atoms with E-state index in [1.165, 1.54) is 0 Å². The maximum Gasteiger partial charge on any atom is 0.124 e. The third-order valence-electron chi connectivity index (χ3n) is 0.438. The summed E-state index contributed by atoms with van der Waals surface area (Å²) >= 11 is 0. The van der Waals surface area contributed by atoms with Crippen molar-refractivity contribution in [1.82, 2.24) is 0 Å². The minimum atomic E-state index is -0.477. The van der Waals surface area contributed by atoms with Crippen molar-refractivity contribution >= 4 is 6.21 Å². The third-order valence-corrected chi connectivity index (χ3v) is 0.438. The molecule has 1 N–H and O–H groups in total. The van der Waals surface area contributed by atoms with Crippen molar-refractivity contribution in [2.75, 3.05) is 0 Å². The van der Waals surface area contributed by atoms with Crippen molar-refractivity contribution in [3.63, 3.8) is 0 Å². The Morgan fingerprint density at radius 3 is 2.43 bits per heavy atom. The molecule has 0 fully saturated rings. The summed E-state index contributed by atoms with van der Waals surface area (Å²) in [4.78, 5) is 0. The summed E-state index contributed by atoms with van der Waals surface area (Å²) in [6.07, 6.45) is 2.94. The molecule has 0 spiro atoms. The molecule has 0 aliphatic carbocycles. The second-order valence-electron chi connectivity index (χ2n) is 0.922. The molecule has 0 heterocycles. The van der Waals surface area contributed by atoms with Crippen molar-refractivity contribution in [1.29, 1.82) is 5.41 Å². The summed E-state index contributed by atoms with van der Waals surface area (Å²) in [5, 5.41) is 6.35. The van der Waals surface area contributed by atoms with Crippen molar-refractivity contribution in [3.8, 4) is 0 Å². The summed E-state index contributed by atoms with van der Waals surface area (Å²) in [6.45, 7) is 3.13. The first kappa shape index (κ1) is 6.08. The SMILES string of the molecule is C=C/C(F)=C\C=N. The van der Waals surface area contributed by atoms with E-state index >= 15 is 0 Å².